The van der Waals surface area contributed by atoms with E-state index in [0.29, 0.717) is 23.0 Å². The minimum Gasteiger partial charge on any atom is -0.494 e. The van der Waals surface area contributed by atoms with Gasteiger partial charge in [0, 0.05) is 0 Å². The Balaban J connectivity index is 2.12. The molecule has 0 saturated heterocycles. The van der Waals surface area contributed by atoms with E-state index in [1.165, 1.54) is 0 Å². The highest BCUT2D eigenvalue weighted by Crippen LogP contribution is 2.23. The normalized spacial score (nSPS) is 10.9. The number of ether oxygens (including phenoxy) is 1. The molecule has 3 nitrogen and oxygen atoms in total. The molecule has 0 atom stereocenters. The fourth-order valence-corrected chi connectivity index (χ4v) is 2.03. The summed E-state index contributed by atoms with van der Waals surface area (Å²) >= 11 is 6.08. The summed E-state index contributed by atoms with van der Waals surface area (Å²) in [7, 11) is 0. The topological polar surface area (TPSA) is 45.0 Å². The summed E-state index contributed by atoms with van der Waals surface area (Å²) in [5.74, 6) is 0.830. The Morgan fingerprint density at radius 2 is 1.95 bits per heavy atom. The van der Waals surface area contributed by atoms with Crippen LogP contribution in [0.25, 0.3) is 6.08 Å². The van der Waals surface area contributed by atoms with Crippen LogP contribution in [0.15, 0.2) is 54.2 Å². The summed E-state index contributed by atoms with van der Waals surface area (Å²) in [5.41, 5.74) is 2.05. The predicted molar refractivity (Wildman–Crippen MR) is 90.9 cm³/mol. The molecule has 0 saturated carbocycles. The van der Waals surface area contributed by atoms with Gasteiger partial charge in [0.1, 0.15) is 17.5 Å². The van der Waals surface area contributed by atoms with Crippen LogP contribution in [-0.2, 0) is 0 Å². The SMILES string of the molecule is CCCOc1ccc(C=C(C#N)Nc2ccccc2Cl)cc1. The van der Waals surface area contributed by atoms with Gasteiger partial charge >= 0.3 is 0 Å². The molecular formula is C18H17ClN2O. The number of benzene rings is 2. The first-order chi connectivity index (χ1) is 10.7. The molecule has 0 fully saturated rings. The summed E-state index contributed by atoms with van der Waals surface area (Å²) < 4.78 is 5.53. The van der Waals surface area contributed by atoms with Gasteiger partial charge in [0.05, 0.1) is 17.3 Å². The van der Waals surface area contributed by atoms with Crippen molar-refractivity contribution in [3.8, 4) is 11.8 Å². The fraction of sp³-hybridized carbons (Fsp3) is 0.167. The Kier molecular flexibility index (Phi) is 5.88. The second-order valence-corrected chi connectivity index (χ2v) is 5.10. The summed E-state index contributed by atoms with van der Waals surface area (Å²) in [6, 6.07) is 17.1. The van der Waals surface area contributed by atoms with Crippen molar-refractivity contribution in [2.45, 2.75) is 13.3 Å². The van der Waals surface area contributed by atoms with Crippen molar-refractivity contribution < 1.29 is 4.74 Å². The highest BCUT2D eigenvalue weighted by atomic mass is 35.5. The minimum absolute atomic E-state index is 0.426. The summed E-state index contributed by atoms with van der Waals surface area (Å²) in [5, 5.41) is 12.9. The molecule has 0 aliphatic carbocycles. The lowest BCUT2D eigenvalue weighted by Gasteiger charge is -2.07. The van der Waals surface area contributed by atoms with Gasteiger partial charge in [0.2, 0.25) is 0 Å². The molecule has 0 heterocycles. The molecule has 1 N–H and O–H groups in total. The van der Waals surface area contributed by atoms with E-state index in [0.717, 1.165) is 17.7 Å². The van der Waals surface area contributed by atoms with E-state index in [1.807, 2.05) is 42.5 Å². The van der Waals surface area contributed by atoms with Gasteiger partial charge in [-0.3, -0.25) is 0 Å². The van der Waals surface area contributed by atoms with E-state index in [-0.39, 0.29) is 0 Å². The van der Waals surface area contributed by atoms with Crippen molar-refractivity contribution >= 4 is 23.4 Å². The summed E-state index contributed by atoms with van der Waals surface area (Å²) in [6.45, 7) is 2.77. The number of anilines is 1. The molecule has 0 aromatic heterocycles. The molecule has 0 aliphatic heterocycles. The smallest absolute Gasteiger partial charge is 0.119 e. The van der Waals surface area contributed by atoms with Gasteiger partial charge < -0.3 is 10.1 Å². The van der Waals surface area contributed by atoms with Gasteiger partial charge in [-0.2, -0.15) is 5.26 Å². The molecule has 0 radical (unpaired) electrons. The van der Waals surface area contributed by atoms with Gasteiger partial charge in [-0.25, -0.2) is 0 Å². The zero-order valence-electron chi connectivity index (χ0n) is 12.3. The number of allylic oxidation sites excluding steroid dienone is 1. The van der Waals surface area contributed by atoms with Crippen LogP contribution < -0.4 is 10.1 Å². The minimum atomic E-state index is 0.426. The third kappa shape index (κ3) is 4.54. The van der Waals surface area contributed by atoms with E-state index >= 15 is 0 Å². The zero-order chi connectivity index (χ0) is 15.8. The third-order valence-electron chi connectivity index (χ3n) is 2.93. The Bertz CT molecular complexity index is 687. The van der Waals surface area contributed by atoms with Gasteiger partial charge in [-0.1, -0.05) is 42.8 Å². The number of rotatable bonds is 6. The van der Waals surface area contributed by atoms with Crippen molar-refractivity contribution in [1.29, 1.82) is 5.26 Å². The number of hydrogen-bond donors (Lipinski definition) is 1. The molecule has 0 amide bonds. The van der Waals surface area contributed by atoms with Crippen LogP contribution in [0.3, 0.4) is 0 Å². The Hall–Kier alpha value is -2.44. The fourth-order valence-electron chi connectivity index (χ4n) is 1.85. The molecule has 2 aromatic rings. The zero-order valence-corrected chi connectivity index (χ0v) is 13.1. The molecule has 0 unspecified atom stereocenters. The lowest BCUT2D eigenvalue weighted by Crippen LogP contribution is -1.98. The van der Waals surface area contributed by atoms with Crippen molar-refractivity contribution in [2.24, 2.45) is 0 Å². The van der Waals surface area contributed by atoms with Crippen LogP contribution in [0.4, 0.5) is 5.69 Å². The highest BCUT2D eigenvalue weighted by molar-refractivity contribution is 6.33. The first-order valence-corrected chi connectivity index (χ1v) is 7.47. The first-order valence-electron chi connectivity index (χ1n) is 7.09. The van der Waals surface area contributed by atoms with E-state index < -0.39 is 0 Å². The summed E-state index contributed by atoms with van der Waals surface area (Å²) in [6.07, 6.45) is 2.74. The van der Waals surface area contributed by atoms with Gasteiger partial charge in [-0.05, 0) is 42.3 Å². The highest BCUT2D eigenvalue weighted by Gasteiger charge is 2.02. The van der Waals surface area contributed by atoms with Crippen molar-refractivity contribution in [2.75, 3.05) is 11.9 Å². The number of para-hydroxylation sites is 1. The van der Waals surface area contributed by atoms with E-state index in [2.05, 4.69) is 18.3 Å². The quantitative estimate of drug-likeness (QED) is 0.754. The Morgan fingerprint density at radius 1 is 1.23 bits per heavy atom. The predicted octanol–water partition coefficient (Wildman–Crippen LogP) is 5.11. The van der Waals surface area contributed by atoms with E-state index in [4.69, 9.17) is 16.3 Å². The molecular weight excluding hydrogens is 296 g/mol. The molecule has 4 heteroatoms. The largest absolute Gasteiger partial charge is 0.494 e. The number of halogens is 1. The van der Waals surface area contributed by atoms with Crippen LogP contribution in [0, 0.1) is 11.3 Å². The Labute approximate surface area is 135 Å². The lowest BCUT2D eigenvalue weighted by molar-refractivity contribution is 0.317. The van der Waals surface area contributed by atoms with Gasteiger partial charge in [0.15, 0.2) is 0 Å². The first kappa shape index (κ1) is 15.9. The lowest BCUT2D eigenvalue weighted by atomic mass is 10.2. The maximum atomic E-state index is 9.26. The second kappa shape index (κ2) is 8.11. The number of nitrogens with zero attached hydrogens (tertiary/aromatic N) is 1. The molecule has 2 aromatic carbocycles. The molecule has 22 heavy (non-hydrogen) atoms. The maximum Gasteiger partial charge on any atom is 0.119 e. The van der Waals surface area contributed by atoms with Gasteiger partial charge in [0.25, 0.3) is 0 Å². The number of nitrogens with one attached hydrogen (secondary N) is 1. The average molecular weight is 313 g/mol. The Morgan fingerprint density at radius 3 is 2.59 bits per heavy atom. The van der Waals surface area contributed by atoms with Crippen molar-refractivity contribution in [3.63, 3.8) is 0 Å². The van der Waals surface area contributed by atoms with E-state index in [9.17, 15) is 5.26 Å². The number of nitriles is 1. The van der Waals surface area contributed by atoms with Crippen LogP contribution in [0.2, 0.25) is 5.02 Å². The van der Waals surface area contributed by atoms with Crippen molar-refractivity contribution in [3.05, 3.63) is 64.8 Å². The van der Waals surface area contributed by atoms with E-state index in [1.54, 1.807) is 12.1 Å². The number of hydrogen-bond acceptors (Lipinski definition) is 3. The average Bonchev–Trinajstić information content (AvgIpc) is 2.55. The molecule has 0 aliphatic rings. The molecule has 112 valence electrons. The molecule has 2 rings (SSSR count). The van der Waals surface area contributed by atoms with Gasteiger partial charge in [-0.15, -0.1) is 0 Å². The van der Waals surface area contributed by atoms with Crippen LogP contribution >= 0.6 is 11.6 Å². The third-order valence-corrected chi connectivity index (χ3v) is 3.26. The van der Waals surface area contributed by atoms with Crippen molar-refractivity contribution in [1.82, 2.24) is 0 Å². The van der Waals surface area contributed by atoms with Crippen LogP contribution in [-0.4, -0.2) is 6.61 Å². The molecule has 0 spiro atoms. The monoisotopic (exact) mass is 312 g/mol. The summed E-state index contributed by atoms with van der Waals surface area (Å²) in [4.78, 5) is 0. The van der Waals surface area contributed by atoms with Crippen LogP contribution in [0.1, 0.15) is 18.9 Å². The van der Waals surface area contributed by atoms with Crippen LogP contribution in [0.5, 0.6) is 5.75 Å². The molecule has 0 bridgehead atoms. The standard InChI is InChI=1S/C18H17ClN2O/c1-2-11-22-16-9-7-14(8-10-16)12-15(13-20)21-18-6-4-3-5-17(18)19/h3-10,12,21H,2,11H2,1H3. The second-order valence-electron chi connectivity index (χ2n) is 4.69. The maximum absolute atomic E-state index is 9.26.